The first-order chi connectivity index (χ1) is 13.0. The van der Waals surface area contributed by atoms with Crippen LogP contribution in [0.1, 0.15) is 16.1 Å². The molecule has 1 aromatic heterocycles. The molecule has 0 saturated carbocycles. The zero-order valence-electron chi connectivity index (χ0n) is 14.5. The Hall–Kier alpha value is -2.69. The number of carbonyl (C=O) groups is 2. The minimum Gasteiger partial charge on any atom is -0.379 e. The lowest BCUT2D eigenvalue weighted by atomic mass is 10.1. The summed E-state index contributed by atoms with van der Waals surface area (Å²) in [4.78, 5) is 26.6. The van der Waals surface area contributed by atoms with Crippen molar-refractivity contribution in [2.45, 2.75) is 11.3 Å². The number of benzene rings is 1. The number of H-pyrrole nitrogens is 1. The number of rotatable bonds is 5. The van der Waals surface area contributed by atoms with Gasteiger partial charge >= 0.3 is 0 Å². The Labute approximate surface area is 156 Å². The third-order valence-electron chi connectivity index (χ3n) is 4.03. The van der Waals surface area contributed by atoms with Gasteiger partial charge in [-0.3, -0.25) is 20.4 Å². The highest BCUT2D eigenvalue weighted by molar-refractivity contribution is 7.89. The van der Waals surface area contributed by atoms with Crippen LogP contribution < -0.4 is 10.9 Å². The first-order valence-electron chi connectivity index (χ1n) is 8.36. The largest absolute Gasteiger partial charge is 0.379 e. The van der Waals surface area contributed by atoms with Crippen LogP contribution in [0.25, 0.3) is 0 Å². The fraction of sp³-hybridized carbons (Fsp3) is 0.294. The molecule has 27 heavy (non-hydrogen) atoms. The summed E-state index contributed by atoms with van der Waals surface area (Å²) in [5.74, 6) is -1.03. The van der Waals surface area contributed by atoms with Crippen molar-refractivity contribution >= 4 is 21.8 Å². The monoisotopic (exact) mass is 392 g/mol. The number of carbonyl (C=O) groups excluding carboxylic acids is 2. The van der Waals surface area contributed by atoms with E-state index in [2.05, 4.69) is 15.8 Å². The number of hydrogen-bond acceptors (Lipinski definition) is 5. The van der Waals surface area contributed by atoms with Gasteiger partial charge in [-0.05, 0) is 11.6 Å². The molecule has 2 heterocycles. The van der Waals surface area contributed by atoms with Gasteiger partial charge < -0.3 is 9.72 Å². The lowest BCUT2D eigenvalue weighted by Gasteiger charge is -2.25. The average molecular weight is 392 g/mol. The molecule has 3 rings (SSSR count). The molecule has 1 aliphatic heterocycles. The van der Waals surface area contributed by atoms with Crippen molar-refractivity contribution in [1.29, 1.82) is 0 Å². The summed E-state index contributed by atoms with van der Waals surface area (Å²) >= 11 is 0. The van der Waals surface area contributed by atoms with Crippen molar-refractivity contribution in [2.75, 3.05) is 26.3 Å². The van der Waals surface area contributed by atoms with Crippen molar-refractivity contribution in [3.05, 3.63) is 53.9 Å². The number of sulfonamides is 1. The topological polar surface area (TPSA) is 121 Å². The Morgan fingerprint density at radius 2 is 1.81 bits per heavy atom. The van der Waals surface area contributed by atoms with Crippen LogP contribution in [0, 0.1) is 0 Å². The molecule has 0 spiro atoms. The van der Waals surface area contributed by atoms with Crippen LogP contribution in [0.5, 0.6) is 0 Å². The van der Waals surface area contributed by atoms with E-state index in [0.717, 1.165) is 5.56 Å². The fourth-order valence-corrected chi connectivity index (χ4v) is 4.01. The number of amides is 2. The summed E-state index contributed by atoms with van der Waals surface area (Å²) in [5.41, 5.74) is 5.41. The van der Waals surface area contributed by atoms with E-state index in [1.54, 1.807) is 12.1 Å². The highest BCUT2D eigenvalue weighted by Crippen LogP contribution is 2.17. The standard InChI is InChI=1S/C17H20N4O5S/c22-16(10-13-4-2-1-3-5-13)19-20-17(23)15-11-14(12-18-15)27(24,25)21-6-8-26-9-7-21/h1-5,11-12,18H,6-10H2,(H,19,22)(H,20,23). The molecule has 2 amide bonds. The van der Waals surface area contributed by atoms with Crippen molar-refractivity contribution in [3.8, 4) is 0 Å². The zero-order chi connectivity index (χ0) is 19.3. The molecular weight excluding hydrogens is 372 g/mol. The Morgan fingerprint density at radius 1 is 1.11 bits per heavy atom. The molecule has 2 aromatic rings. The van der Waals surface area contributed by atoms with Crippen LogP contribution in [0.4, 0.5) is 0 Å². The Kier molecular flexibility index (Phi) is 5.89. The van der Waals surface area contributed by atoms with Crippen molar-refractivity contribution < 1.29 is 22.7 Å². The third-order valence-corrected chi connectivity index (χ3v) is 5.91. The Bertz CT molecular complexity index is 904. The summed E-state index contributed by atoms with van der Waals surface area (Å²) in [5, 5.41) is 0. The summed E-state index contributed by atoms with van der Waals surface area (Å²) in [7, 11) is -3.69. The lowest BCUT2D eigenvalue weighted by Crippen LogP contribution is -2.42. The number of morpholine rings is 1. The number of aromatic nitrogens is 1. The van der Waals surface area contributed by atoms with E-state index in [4.69, 9.17) is 4.74 Å². The molecule has 1 fully saturated rings. The van der Waals surface area contributed by atoms with Gasteiger partial charge in [-0.15, -0.1) is 0 Å². The molecule has 0 radical (unpaired) electrons. The van der Waals surface area contributed by atoms with Gasteiger partial charge in [0, 0.05) is 19.3 Å². The SMILES string of the molecule is O=C(Cc1ccccc1)NNC(=O)c1cc(S(=O)(=O)N2CCOCC2)c[nH]1. The molecule has 0 aliphatic carbocycles. The molecular formula is C17H20N4O5S. The fourth-order valence-electron chi connectivity index (χ4n) is 2.61. The number of hydrazine groups is 1. The first kappa shape index (κ1) is 19.1. The van der Waals surface area contributed by atoms with Gasteiger partial charge in [-0.25, -0.2) is 8.42 Å². The highest BCUT2D eigenvalue weighted by atomic mass is 32.2. The minimum atomic E-state index is -3.69. The van der Waals surface area contributed by atoms with Crippen LogP contribution in [0.3, 0.4) is 0 Å². The van der Waals surface area contributed by atoms with Crippen LogP contribution in [0.15, 0.2) is 47.5 Å². The molecule has 0 atom stereocenters. The molecule has 144 valence electrons. The summed E-state index contributed by atoms with van der Waals surface area (Å²) in [6, 6.07) is 10.3. The Balaban J connectivity index is 1.57. The van der Waals surface area contributed by atoms with Gasteiger partial charge in [0.25, 0.3) is 5.91 Å². The molecule has 10 heteroatoms. The number of nitrogens with zero attached hydrogens (tertiary/aromatic N) is 1. The maximum atomic E-state index is 12.5. The van der Waals surface area contributed by atoms with Gasteiger partial charge in [-0.1, -0.05) is 30.3 Å². The van der Waals surface area contributed by atoms with E-state index in [9.17, 15) is 18.0 Å². The van der Waals surface area contributed by atoms with Gasteiger partial charge in [-0.2, -0.15) is 4.31 Å². The maximum Gasteiger partial charge on any atom is 0.286 e. The zero-order valence-corrected chi connectivity index (χ0v) is 15.3. The predicted octanol–water partition coefficient (Wildman–Crippen LogP) is 0.0393. The van der Waals surface area contributed by atoms with E-state index in [1.165, 1.54) is 16.6 Å². The van der Waals surface area contributed by atoms with E-state index >= 15 is 0 Å². The molecule has 9 nitrogen and oxygen atoms in total. The first-order valence-corrected chi connectivity index (χ1v) is 9.80. The van der Waals surface area contributed by atoms with Crippen molar-refractivity contribution in [1.82, 2.24) is 20.1 Å². The molecule has 1 aromatic carbocycles. The van der Waals surface area contributed by atoms with Crippen LogP contribution in [-0.4, -0.2) is 55.8 Å². The van der Waals surface area contributed by atoms with Gasteiger partial charge in [0.15, 0.2) is 0 Å². The number of hydrogen-bond donors (Lipinski definition) is 3. The summed E-state index contributed by atoms with van der Waals surface area (Å²) in [6.45, 7) is 1.21. The highest BCUT2D eigenvalue weighted by Gasteiger charge is 2.28. The summed E-state index contributed by atoms with van der Waals surface area (Å²) < 4.78 is 31.5. The number of ether oxygens (including phenoxy) is 1. The van der Waals surface area contributed by atoms with E-state index < -0.39 is 15.9 Å². The predicted molar refractivity (Wildman–Crippen MR) is 96.1 cm³/mol. The van der Waals surface area contributed by atoms with Gasteiger partial charge in [0.05, 0.1) is 19.6 Å². The second-order valence-electron chi connectivity index (χ2n) is 5.93. The number of aromatic amines is 1. The van der Waals surface area contributed by atoms with Gasteiger partial charge in [0.1, 0.15) is 10.6 Å². The molecule has 1 saturated heterocycles. The molecule has 0 unspecified atom stereocenters. The Morgan fingerprint density at radius 3 is 2.52 bits per heavy atom. The van der Waals surface area contributed by atoms with Crippen LogP contribution in [-0.2, 0) is 26.0 Å². The van der Waals surface area contributed by atoms with Crippen LogP contribution in [0.2, 0.25) is 0 Å². The maximum absolute atomic E-state index is 12.5. The normalized spacial score (nSPS) is 15.3. The summed E-state index contributed by atoms with van der Waals surface area (Å²) in [6.07, 6.45) is 1.37. The van der Waals surface area contributed by atoms with E-state index in [-0.39, 0.29) is 36.0 Å². The minimum absolute atomic E-state index is 0.00911. The van der Waals surface area contributed by atoms with Gasteiger partial charge in [0.2, 0.25) is 15.9 Å². The molecule has 3 N–H and O–H groups in total. The molecule has 1 aliphatic rings. The van der Waals surface area contributed by atoms with Crippen LogP contribution >= 0.6 is 0 Å². The second kappa shape index (κ2) is 8.33. The van der Waals surface area contributed by atoms with E-state index in [1.807, 2.05) is 18.2 Å². The number of nitrogens with one attached hydrogen (secondary N) is 3. The van der Waals surface area contributed by atoms with Crippen molar-refractivity contribution in [3.63, 3.8) is 0 Å². The average Bonchev–Trinajstić information content (AvgIpc) is 3.19. The molecule has 0 bridgehead atoms. The van der Waals surface area contributed by atoms with Crippen molar-refractivity contribution in [2.24, 2.45) is 0 Å². The quantitative estimate of drug-likeness (QED) is 0.621. The second-order valence-corrected chi connectivity index (χ2v) is 7.87. The van der Waals surface area contributed by atoms with E-state index in [0.29, 0.717) is 13.2 Å². The lowest BCUT2D eigenvalue weighted by molar-refractivity contribution is -0.121. The smallest absolute Gasteiger partial charge is 0.286 e. The third kappa shape index (κ3) is 4.73.